The predicted octanol–water partition coefficient (Wildman–Crippen LogP) is 6.02. The van der Waals surface area contributed by atoms with Gasteiger partial charge in [0.25, 0.3) is 0 Å². The molecule has 1 saturated carbocycles. The molecule has 0 saturated heterocycles. The van der Waals surface area contributed by atoms with Crippen LogP contribution in [0, 0.1) is 11.8 Å². The first kappa shape index (κ1) is 24.8. The smallest absolute Gasteiger partial charge is 0.227 e. The van der Waals surface area contributed by atoms with Crippen molar-refractivity contribution in [2.45, 2.75) is 65.5 Å². The molecule has 0 aliphatic heterocycles. The van der Waals surface area contributed by atoms with Crippen LogP contribution in [0.25, 0.3) is 0 Å². The molecule has 1 fully saturated rings. The third-order valence-electron chi connectivity index (χ3n) is 7.01. The van der Waals surface area contributed by atoms with E-state index in [0.29, 0.717) is 6.54 Å². The van der Waals surface area contributed by atoms with Crippen molar-refractivity contribution in [3.8, 4) is 0 Å². The first-order valence-electron chi connectivity index (χ1n) is 12.3. The highest BCUT2D eigenvalue weighted by Gasteiger charge is 2.28. The van der Waals surface area contributed by atoms with Gasteiger partial charge in [0.05, 0.1) is 6.04 Å². The van der Waals surface area contributed by atoms with Gasteiger partial charge in [-0.15, -0.1) is 0 Å². The molecule has 33 heavy (non-hydrogen) atoms. The van der Waals surface area contributed by atoms with Crippen molar-refractivity contribution in [2.75, 3.05) is 24.3 Å². The van der Waals surface area contributed by atoms with E-state index in [1.165, 1.54) is 0 Å². The molecule has 2 aromatic carbocycles. The average molecular weight is 450 g/mol. The van der Waals surface area contributed by atoms with Crippen LogP contribution < -0.4 is 10.2 Å². The summed E-state index contributed by atoms with van der Waals surface area (Å²) in [5.74, 6) is 0.422. The van der Waals surface area contributed by atoms with Crippen LogP contribution in [-0.4, -0.2) is 30.8 Å². The second-order valence-corrected chi connectivity index (χ2v) is 9.42. The van der Waals surface area contributed by atoms with Crippen molar-refractivity contribution in [2.24, 2.45) is 11.8 Å². The number of benzene rings is 2. The summed E-state index contributed by atoms with van der Waals surface area (Å²) >= 11 is 0. The molecule has 5 nitrogen and oxygen atoms in total. The Morgan fingerprint density at radius 1 is 1.03 bits per heavy atom. The Bertz CT molecular complexity index is 933. The van der Waals surface area contributed by atoms with Crippen molar-refractivity contribution >= 4 is 23.2 Å². The molecule has 2 aromatic rings. The van der Waals surface area contributed by atoms with Crippen molar-refractivity contribution in [3.05, 3.63) is 59.7 Å². The normalized spacial score (nSPS) is 14.5. The molecule has 3 rings (SSSR count). The minimum absolute atomic E-state index is 0.000436. The Morgan fingerprint density at radius 3 is 2.24 bits per heavy atom. The van der Waals surface area contributed by atoms with Crippen molar-refractivity contribution in [3.63, 3.8) is 0 Å². The lowest BCUT2D eigenvalue weighted by molar-refractivity contribution is -0.138. The fourth-order valence-electron chi connectivity index (χ4n) is 4.51. The number of hydrogen-bond acceptors (Lipinski definition) is 3. The van der Waals surface area contributed by atoms with Crippen LogP contribution in [0.5, 0.6) is 0 Å². The van der Waals surface area contributed by atoms with Gasteiger partial charge in [0.1, 0.15) is 0 Å². The van der Waals surface area contributed by atoms with Crippen LogP contribution in [0.15, 0.2) is 48.5 Å². The molecular formula is C28H39N3O2. The van der Waals surface area contributed by atoms with Crippen molar-refractivity contribution in [1.29, 1.82) is 0 Å². The maximum Gasteiger partial charge on any atom is 0.227 e. The van der Waals surface area contributed by atoms with Crippen LogP contribution in [0.1, 0.15) is 70.0 Å². The van der Waals surface area contributed by atoms with E-state index in [1.807, 2.05) is 55.4 Å². The zero-order valence-corrected chi connectivity index (χ0v) is 20.8. The van der Waals surface area contributed by atoms with Crippen LogP contribution in [-0.2, 0) is 16.1 Å². The van der Waals surface area contributed by atoms with Crippen molar-refractivity contribution in [1.82, 2.24) is 4.90 Å². The van der Waals surface area contributed by atoms with E-state index in [1.54, 1.807) is 0 Å². The predicted molar refractivity (Wildman–Crippen MR) is 136 cm³/mol. The van der Waals surface area contributed by atoms with E-state index >= 15 is 0 Å². The maximum absolute atomic E-state index is 13.6. The van der Waals surface area contributed by atoms with Gasteiger partial charge >= 0.3 is 0 Å². The first-order valence-corrected chi connectivity index (χ1v) is 12.3. The number of anilines is 2. The van der Waals surface area contributed by atoms with Crippen molar-refractivity contribution < 1.29 is 9.59 Å². The van der Waals surface area contributed by atoms with Gasteiger partial charge in [0, 0.05) is 43.9 Å². The van der Waals surface area contributed by atoms with Crippen LogP contribution >= 0.6 is 0 Å². The summed E-state index contributed by atoms with van der Waals surface area (Å²) < 4.78 is 0. The highest BCUT2D eigenvalue weighted by Crippen LogP contribution is 2.32. The summed E-state index contributed by atoms with van der Waals surface area (Å²) in [6.45, 7) is 6.76. The largest absolute Gasteiger partial charge is 0.377 e. The molecule has 0 aromatic heterocycles. The topological polar surface area (TPSA) is 52.7 Å². The van der Waals surface area contributed by atoms with Gasteiger partial charge in [-0.2, -0.15) is 0 Å². The molecular weight excluding hydrogens is 410 g/mol. The van der Waals surface area contributed by atoms with Gasteiger partial charge in [0.2, 0.25) is 11.8 Å². The summed E-state index contributed by atoms with van der Waals surface area (Å²) in [6.07, 6.45) is 4.73. The molecule has 1 N–H and O–H groups in total. The number of rotatable bonds is 10. The quantitative estimate of drug-likeness (QED) is 0.483. The number of carbonyl (C=O) groups excluding carboxylic acids is 2. The Morgan fingerprint density at radius 2 is 1.70 bits per heavy atom. The highest BCUT2D eigenvalue weighted by atomic mass is 16.2. The van der Waals surface area contributed by atoms with E-state index in [4.69, 9.17) is 0 Å². The Kier molecular flexibility index (Phi) is 8.54. The lowest BCUT2D eigenvalue weighted by atomic mass is 9.85. The zero-order valence-electron chi connectivity index (χ0n) is 20.8. The Labute approximate surface area is 199 Å². The maximum atomic E-state index is 13.6. The summed E-state index contributed by atoms with van der Waals surface area (Å²) in [5.41, 5.74) is 4.01. The number of nitrogens with zero attached hydrogens (tertiary/aromatic N) is 2. The van der Waals surface area contributed by atoms with Crippen LogP contribution in [0.3, 0.4) is 0 Å². The molecule has 0 bridgehead atoms. The molecule has 5 heteroatoms. The van der Waals surface area contributed by atoms with Crippen LogP contribution in [0.2, 0.25) is 0 Å². The lowest BCUT2D eigenvalue weighted by Gasteiger charge is -2.34. The third kappa shape index (κ3) is 5.95. The third-order valence-corrected chi connectivity index (χ3v) is 7.01. The van der Waals surface area contributed by atoms with E-state index < -0.39 is 0 Å². The van der Waals surface area contributed by atoms with E-state index in [-0.39, 0.29) is 29.7 Å². The summed E-state index contributed by atoms with van der Waals surface area (Å²) in [6, 6.07) is 16.2. The summed E-state index contributed by atoms with van der Waals surface area (Å²) in [7, 11) is 4.03. The molecule has 2 amide bonds. The van der Waals surface area contributed by atoms with E-state index in [0.717, 1.165) is 54.6 Å². The molecule has 178 valence electrons. The molecule has 0 spiro atoms. The molecule has 1 aliphatic rings. The molecule has 1 atom stereocenters. The number of nitrogens with one attached hydrogen (secondary N) is 1. The van der Waals surface area contributed by atoms with Gasteiger partial charge in [-0.05, 0) is 61.9 Å². The summed E-state index contributed by atoms with van der Waals surface area (Å²) in [4.78, 5) is 30.3. The van der Waals surface area contributed by atoms with Gasteiger partial charge in [-0.1, -0.05) is 50.6 Å². The molecule has 0 radical (unpaired) electrons. The Hall–Kier alpha value is -2.82. The van der Waals surface area contributed by atoms with Crippen LogP contribution in [0.4, 0.5) is 11.4 Å². The molecule has 0 heterocycles. The standard InChI is InChI=1S/C28H39N3O2/c1-6-21(7-2)28(33)31(20(3)22-12-9-8-10-13-22)19-24-18-25(16-17-26(24)30(4)5)29-27(32)23-14-11-15-23/h8-10,12-13,16-18,20-21,23H,6-7,11,14-15,19H2,1-5H3,(H,29,32). The SMILES string of the molecule is CCC(CC)C(=O)N(Cc1cc(NC(=O)C2CCC2)ccc1N(C)C)C(C)c1ccccc1. The van der Waals surface area contributed by atoms with Gasteiger partial charge in [0.15, 0.2) is 0 Å². The monoisotopic (exact) mass is 449 g/mol. The minimum Gasteiger partial charge on any atom is -0.377 e. The minimum atomic E-state index is -0.0532. The lowest BCUT2D eigenvalue weighted by Crippen LogP contribution is -2.37. The average Bonchev–Trinajstić information content (AvgIpc) is 2.77. The second kappa shape index (κ2) is 11.4. The van der Waals surface area contributed by atoms with E-state index in [9.17, 15) is 9.59 Å². The first-order chi connectivity index (χ1) is 15.8. The number of hydrogen-bond donors (Lipinski definition) is 1. The fraction of sp³-hybridized carbons (Fsp3) is 0.500. The number of amides is 2. The fourth-order valence-corrected chi connectivity index (χ4v) is 4.51. The second-order valence-electron chi connectivity index (χ2n) is 9.42. The molecule has 1 aliphatic carbocycles. The Balaban J connectivity index is 1.94. The zero-order chi connectivity index (χ0) is 24.0. The van der Waals surface area contributed by atoms with Gasteiger partial charge in [-0.3, -0.25) is 9.59 Å². The van der Waals surface area contributed by atoms with Gasteiger partial charge < -0.3 is 15.1 Å². The molecule has 1 unspecified atom stereocenters. The number of carbonyl (C=O) groups is 2. The summed E-state index contributed by atoms with van der Waals surface area (Å²) in [5, 5.41) is 3.10. The van der Waals surface area contributed by atoms with Gasteiger partial charge in [-0.25, -0.2) is 0 Å². The van der Waals surface area contributed by atoms with E-state index in [2.05, 4.69) is 43.1 Å². The highest BCUT2D eigenvalue weighted by molar-refractivity contribution is 5.93.